The fraction of sp³-hybridized carbons (Fsp3) is 0.286. The third kappa shape index (κ3) is 6.66. The lowest BCUT2D eigenvalue weighted by Crippen LogP contribution is -2.27. The fourth-order valence-electron chi connectivity index (χ4n) is 4.18. The average molecular weight is 489 g/mol. The first-order chi connectivity index (χ1) is 17.1. The number of nitrogens with one attached hydrogen (secondary N) is 2. The summed E-state index contributed by atoms with van der Waals surface area (Å²) in [5.41, 5.74) is 5.86. The standard InChI is InChI=1S/C28H32N4O2S/c1-3-11-32(12-13-33)19-22-7-4-6-21(16-22)9-10-25-24-18-26(20(2)15-27(24)31-30-25)29-28(34)17-23-8-5-14-35-23/h4-10,14-16,18,33H,3,11-13,17,19H2,1-2H3,(H,29,34)(H,30,31)/b10-9+. The van der Waals surface area contributed by atoms with Crippen LogP contribution in [0.5, 0.6) is 0 Å². The van der Waals surface area contributed by atoms with Gasteiger partial charge in [0.25, 0.3) is 0 Å². The Kier molecular flexibility index (Phi) is 8.47. The normalized spacial score (nSPS) is 11.7. The van der Waals surface area contributed by atoms with E-state index in [0.717, 1.165) is 57.8 Å². The summed E-state index contributed by atoms with van der Waals surface area (Å²) in [6.07, 6.45) is 5.49. The molecule has 7 heteroatoms. The quantitative estimate of drug-likeness (QED) is 0.261. The molecule has 35 heavy (non-hydrogen) atoms. The number of aromatic amines is 1. The first-order valence-corrected chi connectivity index (χ1v) is 12.8. The number of H-pyrrole nitrogens is 1. The van der Waals surface area contributed by atoms with Crippen molar-refractivity contribution in [3.8, 4) is 0 Å². The summed E-state index contributed by atoms with van der Waals surface area (Å²) < 4.78 is 0. The minimum absolute atomic E-state index is 0.0226. The van der Waals surface area contributed by atoms with Gasteiger partial charge in [0.2, 0.25) is 5.91 Å². The maximum absolute atomic E-state index is 12.5. The molecule has 2 heterocycles. The molecule has 0 radical (unpaired) electrons. The van der Waals surface area contributed by atoms with Gasteiger partial charge in [0.15, 0.2) is 0 Å². The SMILES string of the molecule is CCCN(CCO)Cc1cccc(/C=C/c2n[nH]c3cc(C)c(NC(=O)Cc4cccs4)cc23)c1. The van der Waals surface area contributed by atoms with E-state index in [1.165, 1.54) is 5.56 Å². The molecule has 0 saturated carbocycles. The van der Waals surface area contributed by atoms with Gasteiger partial charge in [-0.1, -0.05) is 43.3 Å². The summed E-state index contributed by atoms with van der Waals surface area (Å²) in [4.78, 5) is 15.8. The predicted molar refractivity (Wildman–Crippen MR) is 146 cm³/mol. The van der Waals surface area contributed by atoms with E-state index in [4.69, 9.17) is 0 Å². The third-order valence-electron chi connectivity index (χ3n) is 5.87. The number of hydrogen-bond donors (Lipinski definition) is 3. The molecule has 4 aromatic rings. The highest BCUT2D eigenvalue weighted by Gasteiger charge is 2.11. The number of carbonyl (C=O) groups excluding carboxylic acids is 1. The summed E-state index contributed by atoms with van der Waals surface area (Å²) in [7, 11) is 0. The average Bonchev–Trinajstić information content (AvgIpc) is 3.48. The van der Waals surface area contributed by atoms with E-state index in [2.05, 4.69) is 57.7 Å². The van der Waals surface area contributed by atoms with Crippen LogP contribution in [0.3, 0.4) is 0 Å². The Hall–Kier alpha value is -3.26. The molecule has 0 aliphatic heterocycles. The molecule has 0 aliphatic rings. The molecule has 0 atom stereocenters. The van der Waals surface area contributed by atoms with Gasteiger partial charge in [-0.15, -0.1) is 11.3 Å². The van der Waals surface area contributed by atoms with Gasteiger partial charge in [-0.05, 0) is 66.2 Å². The van der Waals surface area contributed by atoms with E-state index in [1.807, 2.05) is 42.6 Å². The van der Waals surface area contributed by atoms with Crippen LogP contribution in [0.1, 0.15) is 40.6 Å². The second-order valence-corrected chi connectivity index (χ2v) is 9.74. The summed E-state index contributed by atoms with van der Waals surface area (Å²) >= 11 is 1.59. The molecule has 2 aromatic heterocycles. The largest absolute Gasteiger partial charge is 0.395 e. The number of aliphatic hydroxyl groups is 1. The van der Waals surface area contributed by atoms with Crippen LogP contribution in [-0.2, 0) is 17.8 Å². The zero-order chi connectivity index (χ0) is 24.6. The van der Waals surface area contributed by atoms with Crippen LogP contribution in [0.15, 0.2) is 53.9 Å². The first-order valence-electron chi connectivity index (χ1n) is 12.0. The highest BCUT2D eigenvalue weighted by atomic mass is 32.1. The summed E-state index contributed by atoms with van der Waals surface area (Å²) in [6.45, 7) is 6.77. The molecule has 0 spiro atoms. The van der Waals surface area contributed by atoms with Crippen molar-refractivity contribution in [2.75, 3.05) is 25.0 Å². The van der Waals surface area contributed by atoms with Crippen molar-refractivity contribution in [1.29, 1.82) is 0 Å². The number of aromatic nitrogens is 2. The number of carbonyl (C=O) groups is 1. The van der Waals surface area contributed by atoms with Crippen LogP contribution < -0.4 is 5.32 Å². The van der Waals surface area contributed by atoms with E-state index in [9.17, 15) is 9.90 Å². The molecule has 0 fully saturated rings. The van der Waals surface area contributed by atoms with E-state index in [1.54, 1.807) is 11.3 Å². The number of fused-ring (bicyclic) bond motifs is 1. The van der Waals surface area contributed by atoms with Gasteiger partial charge < -0.3 is 10.4 Å². The summed E-state index contributed by atoms with van der Waals surface area (Å²) in [6, 6.07) is 16.4. The van der Waals surface area contributed by atoms with Crippen LogP contribution in [0.4, 0.5) is 5.69 Å². The Morgan fingerprint density at radius 1 is 1.17 bits per heavy atom. The maximum atomic E-state index is 12.5. The molecule has 2 aromatic carbocycles. The topological polar surface area (TPSA) is 81.2 Å². The zero-order valence-corrected chi connectivity index (χ0v) is 21.1. The smallest absolute Gasteiger partial charge is 0.229 e. The second kappa shape index (κ2) is 11.9. The molecule has 0 saturated heterocycles. The minimum Gasteiger partial charge on any atom is -0.395 e. The van der Waals surface area contributed by atoms with E-state index < -0.39 is 0 Å². The Morgan fingerprint density at radius 3 is 2.83 bits per heavy atom. The van der Waals surface area contributed by atoms with Crippen molar-refractivity contribution in [2.24, 2.45) is 0 Å². The minimum atomic E-state index is -0.0226. The van der Waals surface area contributed by atoms with Gasteiger partial charge in [0, 0.05) is 29.0 Å². The molecule has 4 rings (SSSR count). The van der Waals surface area contributed by atoms with Gasteiger partial charge in [0.1, 0.15) is 0 Å². The van der Waals surface area contributed by atoms with Crippen molar-refractivity contribution in [2.45, 2.75) is 33.2 Å². The molecule has 0 bridgehead atoms. The monoisotopic (exact) mass is 488 g/mol. The van der Waals surface area contributed by atoms with Crippen LogP contribution in [0.25, 0.3) is 23.1 Å². The molecule has 0 aliphatic carbocycles. The zero-order valence-electron chi connectivity index (χ0n) is 20.3. The van der Waals surface area contributed by atoms with Gasteiger partial charge in [0.05, 0.1) is 24.2 Å². The van der Waals surface area contributed by atoms with Crippen LogP contribution in [0, 0.1) is 6.92 Å². The summed E-state index contributed by atoms with van der Waals surface area (Å²) in [5.74, 6) is -0.0226. The Labute approximate surface area is 210 Å². The number of benzene rings is 2. The van der Waals surface area contributed by atoms with E-state index >= 15 is 0 Å². The number of amides is 1. The Balaban J connectivity index is 1.50. The predicted octanol–water partition coefficient (Wildman–Crippen LogP) is 5.49. The van der Waals surface area contributed by atoms with Crippen molar-refractivity contribution in [3.05, 3.63) is 81.2 Å². The Bertz CT molecular complexity index is 1290. The van der Waals surface area contributed by atoms with Gasteiger partial charge >= 0.3 is 0 Å². The number of aliphatic hydroxyl groups excluding tert-OH is 1. The van der Waals surface area contributed by atoms with E-state index in [-0.39, 0.29) is 12.5 Å². The molecule has 0 unspecified atom stereocenters. The highest BCUT2D eigenvalue weighted by molar-refractivity contribution is 7.10. The van der Waals surface area contributed by atoms with Gasteiger partial charge in [-0.25, -0.2) is 0 Å². The van der Waals surface area contributed by atoms with Crippen LogP contribution >= 0.6 is 11.3 Å². The second-order valence-electron chi connectivity index (χ2n) is 8.70. The molecule has 182 valence electrons. The molecule has 6 nitrogen and oxygen atoms in total. The highest BCUT2D eigenvalue weighted by Crippen LogP contribution is 2.26. The van der Waals surface area contributed by atoms with E-state index in [0.29, 0.717) is 13.0 Å². The Morgan fingerprint density at radius 2 is 2.06 bits per heavy atom. The van der Waals surface area contributed by atoms with Crippen molar-refractivity contribution < 1.29 is 9.90 Å². The summed E-state index contributed by atoms with van der Waals surface area (Å²) in [5, 5.41) is 22.9. The number of nitrogens with zero attached hydrogens (tertiary/aromatic N) is 2. The fourth-order valence-corrected chi connectivity index (χ4v) is 4.88. The number of thiophene rings is 1. The van der Waals surface area contributed by atoms with Crippen molar-refractivity contribution >= 4 is 46.0 Å². The molecular formula is C28H32N4O2S. The molecular weight excluding hydrogens is 456 g/mol. The van der Waals surface area contributed by atoms with Gasteiger partial charge in [-0.2, -0.15) is 5.10 Å². The maximum Gasteiger partial charge on any atom is 0.229 e. The lowest BCUT2D eigenvalue weighted by Gasteiger charge is -2.20. The lowest BCUT2D eigenvalue weighted by molar-refractivity contribution is -0.115. The van der Waals surface area contributed by atoms with Crippen LogP contribution in [-0.4, -0.2) is 45.8 Å². The van der Waals surface area contributed by atoms with Crippen molar-refractivity contribution in [3.63, 3.8) is 0 Å². The number of rotatable bonds is 11. The van der Waals surface area contributed by atoms with Crippen molar-refractivity contribution in [1.82, 2.24) is 15.1 Å². The molecule has 1 amide bonds. The number of aryl methyl sites for hydroxylation is 1. The van der Waals surface area contributed by atoms with Crippen LogP contribution in [0.2, 0.25) is 0 Å². The number of anilines is 1. The van der Waals surface area contributed by atoms with Gasteiger partial charge in [-0.3, -0.25) is 14.8 Å². The molecule has 3 N–H and O–H groups in total. The third-order valence-corrected chi connectivity index (χ3v) is 6.75. The lowest BCUT2D eigenvalue weighted by atomic mass is 10.1. The number of hydrogen-bond acceptors (Lipinski definition) is 5. The first kappa shape index (κ1) is 24.9.